The van der Waals surface area contributed by atoms with Gasteiger partial charge in [-0.25, -0.2) is 4.39 Å². The number of unbranched alkanes of at least 4 members (excludes halogenated alkanes) is 2. The molecule has 0 saturated carbocycles. The number of ether oxygens (including phenoxy) is 1. The number of nitrogens with zero attached hydrogens (tertiary/aromatic N) is 1. The van der Waals surface area contributed by atoms with Crippen molar-refractivity contribution in [2.75, 3.05) is 11.5 Å². The van der Waals surface area contributed by atoms with Gasteiger partial charge in [0.25, 0.3) is 5.91 Å². The topological polar surface area (TPSA) is 76.8 Å². The van der Waals surface area contributed by atoms with E-state index in [2.05, 4.69) is 6.92 Å². The fourth-order valence-electron chi connectivity index (χ4n) is 4.70. The molecule has 1 amide bonds. The third-order valence-electron chi connectivity index (χ3n) is 6.57. The Morgan fingerprint density at radius 2 is 1.81 bits per heavy atom. The number of anilines is 1. The third-order valence-corrected chi connectivity index (χ3v) is 6.57. The van der Waals surface area contributed by atoms with Crippen LogP contribution in [0.15, 0.2) is 75.9 Å². The van der Waals surface area contributed by atoms with Crippen molar-refractivity contribution in [3.8, 4) is 5.75 Å². The summed E-state index contributed by atoms with van der Waals surface area (Å²) in [5, 5.41) is 0.0669. The summed E-state index contributed by atoms with van der Waals surface area (Å²) in [5.74, 6) is -0.623. The first-order valence-corrected chi connectivity index (χ1v) is 12.3. The summed E-state index contributed by atoms with van der Waals surface area (Å²) < 4.78 is 25.9. The van der Waals surface area contributed by atoms with Gasteiger partial charge < -0.3 is 9.15 Å². The van der Waals surface area contributed by atoms with Crippen molar-refractivity contribution in [3.63, 3.8) is 0 Å². The van der Waals surface area contributed by atoms with E-state index in [1.807, 2.05) is 24.3 Å². The van der Waals surface area contributed by atoms with Gasteiger partial charge in [-0.2, -0.15) is 0 Å². The number of Topliss-reactive ketones (excluding diaryl/α,β-unsaturated/α-hetero) is 1. The van der Waals surface area contributed by atoms with Crippen LogP contribution in [0.3, 0.4) is 0 Å². The first-order valence-electron chi connectivity index (χ1n) is 12.3. The van der Waals surface area contributed by atoms with E-state index in [9.17, 15) is 18.8 Å². The molecular weight excluding hydrogens is 473 g/mol. The minimum Gasteiger partial charge on any atom is -0.494 e. The minimum absolute atomic E-state index is 0.0669. The van der Waals surface area contributed by atoms with Crippen LogP contribution in [-0.2, 0) is 0 Å². The van der Waals surface area contributed by atoms with Crippen molar-refractivity contribution in [1.29, 1.82) is 0 Å². The maximum atomic E-state index is 14.0. The van der Waals surface area contributed by atoms with E-state index in [1.165, 1.54) is 24.0 Å². The number of hydrogen-bond acceptors (Lipinski definition) is 5. The normalized spacial score (nSPS) is 14.7. The Bertz CT molecular complexity index is 1560. The molecule has 0 aliphatic carbocycles. The molecule has 0 radical (unpaired) electrons. The predicted molar refractivity (Wildman–Crippen MR) is 139 cm³/mol. The van der Waals surface area contributed by atoms with Gasteiger partial charge in [-0.05, 0) is 73.5 Å². The van der Waals surface area contributed by atoms with Crippen LogP contribution >= 0.6 is 0 Å². The zero-order chi connectivity index (χ0) is 26.1. The molecule has 188 valence electrons. The number of fused-ring (bicyclic) bond motifs is 2. The van der Waals surface area contributed by atoms with Crippen LogP contribution in [0.4, 0.5) is 10.1 Å². The third kappa shape index (κ3) is 4.53. The zero-order valence-corrected chi connectivity index (χ0v) is 20.6. The van der Waals surface area contributed by atoms with Gasteiger partial charge in [0.05, 0.1) is 23.6 Å². The van der Waals surface area contributed by atoms with Gasteiger partial charge in [0.1, 0.15) is 17.1 Å². The largest absolute Gasteiger partial charge is 0.494 e. The van der Waals surface area contributed by atoms with Crippen LogP contribution in [0, 0.1) is 5.82 Å². The number of rotatable bonds is 8. The number of carbonyl (C=O) groups excluding carboxylic acids is 2. The second-order valence-corrected chi connectivity index (χ2v) is 9.12. The van der Waals surface area contributed by atoms with Crippen LogP contribution in [0.1, 0.15) is 71.2 Å². The molecular formula is C30H26FNO5. The monoisotopic (exact) mass is 499 g/mol. The molecule has 1 unspecified atom stereocenters. The molecule has 1 aromatic heterocycles. The summed E-state index contributed by atoms with van der Waals surface area (Å²) >= 11 is 0. The Balaban J connectivity index is 1.66. The lowest BCUT2D eigenvalue weighted by Crippen LogP contribution is -2.29. The van der Waals surface area contributed by atoms with Crippen molar-refractivity contribution in [2.24, 2.45) is 0 Å². The maximum Gasteiger partial charge on any atom is 0.295 e. The highest BCUT2D eigenvalue weighted by molar-refractivity contribution is 6.11. The van der Waals surface area contributed by atoms with Crippen LogP contribution < -0.4 is 15.1 Å². The van der Waals surface area contributed by atoms with Gasteiger partial charge in [-0.1, -0.05) is 31.9 Å². The Kier molecular flexibility index (Phi) is 6.61. The Morgan fingerprint density at radius 3 is 2.54 bits per heavy atom. The SMILES string of the molecule is CCCCCOc1cccc(C2c3c(oc4ccc(F)cc4c3=O)C(=O)N2c2ccc(C(C)=O)cc2)c1. The van der Waals surface area contributed by atoms with Gasteiger partial charge in [-0.15, -0.1) is 0 Å². The standard InChI is InChI=1S/C30H26FNO5/c1-3-4-5-15-36-23-8-6-7-20(16-23)27-26-28(34)24-17-21(31)11-14-25(24)37-29(26)30(35)32(27)22-12-9-19(10-13-22)18(2)33/h6-14,16-17,27H,3-5,15H2,1-2H3. The van der Waals surface area contributed by atoms with Crippen LogP contribution in [0.2, 0.25) is 0 Å². The molecule has 3 aromatic carbocycles. The van der Waals surface area contributed by atoms with E-state index >= 15 is 0 Å². The van der Waals surface area contributed by atoms with Crippen LogP contribution in [0.25, 0.3) is 11.0 Å². The number of hydrogen-bond donors (Lipinski definition) is 0. The second-order valence-electron chi connectivity index (χ2n) is 9.12. The molecule has 0 bridgehead atoms. The number of halogens is 1. The molecule has 0 N–H and O–H groups in total. The highest BCUT2D eigenvalue weighted by atomic mass is 19.1. The van der Waals surface area contributed by atoms with Gasteiger partial charge >= 0.3 is 0 Å². The molecule has 1 aliphatic heterocycles. The molecule has 0 fully saturated rings. The average molecular weight is 500 g/mol. The van der Waals surface area contributed by atoms with E-state index in [0.29, 0.717) is 29.2 Å². The highest BCUT2D eigenvalue weighted by Crippen LogP contribution is 2.42. The summed E-state index contributed by atoms with van der Waals surface area (Å²) in [6.07, 6.45) is 3.05. The lowest BCUT2D eigenvalue weighted by atomic mass is 9.98. The van der Waals surface area contributed by atoms with Gasteiger partial charge in [-0.3, -0.25) is 19.3 Å². The maximum absolute atomic E-state index is 14.0. The fraction of sp³-hybridized carbons (Fsp3) is 0.233. The smallest absolute Gasteiger partial charge is 0.295 e. The van der Waals surface area contributed by atoms with Gasteiger partial charge in [0.2, 0.25) is 5.76 Å². The Labute approximate surface area is 213 Å². The number of benzene rings is 3. The number of ketones is 1. The lowest BCUT2D eigenvalue weighted by molar-refractivity contribution is 0.0970. The first-order chi connectivity index (χ1) is 17.9. The van der Waals surface area contributed by atoms with E-state index < -0.39 is 23.2 Å². The van der Waals surface area contributed by atoms with Gasteiger partial charge in [0.15, 0.2) is 11.2 Å². The van der Waals surface area contributed by atoms with Crippen LogP contribution in [0.5, 0.6) is 5.75 Å². The van der Waals surface area contributed by atoms with Crippen molar-refractivity contribution in [1.82, 2.24) is 0 Å². The lowest BCUT2D eigenvalue weighted by Gasteiger charge is -2.25. The van der Waals surface area contributed by atoms with Crippen molar-refractivity contribution >= 4 is 28.3 Å². The molecule has 0 saturated heterocycles. The number of carbonyl (C=O) groups is 2. The van der Waals surface area contributed by atoms with Crippen LogP contribution in [-0.4, -0.2) is 18.3 Å². The van der Waals surface area contributed by atoms with Crippen molar-refractivity contribution in [3.05, 3.63) is 105 Å². The zero-order valence-electron chi connectivity index (χ0n) is 20.6. The molecule has 1 atom stereocenters. The Hall–Kier alpha value is -4.26. The molecule has 6 nitrogen and oxygen atoms in total. The average Bonchev–Trinajstić information content (AvgIpc) is 3.19. The number of amides is 1. The summed E-state index contributed by atoms with van der Waals surface area (Å²) in [7, 11) is 0. The molecule has 4 aromatic rings. The van der Waals surface area contributed by atoms with Gasteiger partial charge in [0, 0.05) is 11.3 Å². The molecule has 5 rings (SSSR count). The highest BCUT2D eigenvalue weighted by Gasteiger charge is 2.43. The van der Waals surface area contributed by atoms with E-state index in [4.69, 9.17) is 9.15 Å². The quantitative estimate of drug-likeness (QED) is 0.206. The molecule has 37 heavy (non-hydrogen) atoms. The molecule has 1 aliphatic rings. The minimum atomic E-state index is -0.825. The molecule has 0 spiro atoms. The fourth-order valence-corrected chi connectivity index (χ4v) is 4.70. The van der Waals surface area contributed by atoms with E-state index in [-0.39, 0.29) is 28.1 Å². The Morgan fingerprint density at radius 1 is 1.03 bits per heavy atom. The van der Waals surface area contributed by atoms with E-state index in [0.717, 1.165) is 25.3 Å². The summed E-state index contributed by atoms with van der Waals surface area (Å²) in [6.45, 7) is 4.14. The summed E-state index contributed by atoms with van der Waals surface area (Å²) in [5.41, 5.74) is 1.46. The van der Waals surface area contributed by atoms with Crippen molar-refractivity contribution < 1.29 is 23.1 Å². The van der Waals surface area contributed by atoms with Crippen molar-refractivity contribution in [2.45, 2.75) is 39.2 Å². The molecule has 2 heterocycles. The summed E-state index contributed by atoms with van der Waals surface area (Å²) in [6, 6.07) is 16.7. The predicted octanol–water partition coefficient (Wildman–Crippen LogP) is 6.45. The summed E-state index contributed by atoms with van der Waals surface area (Å²) in [4.78, 5) is 40.7. The second kappa shape index (κ2) is 10.0. The first kappa shape index (κ1) is 24.4. The van der Waals surface area contributed by atoms with E-state index in [1.54, 1.807) is 24.3 Å². The molecule has 7 heteroatoms.